The highest BCUT2D eigenvalue weighted by Crippen LogP contribution is 2.11. The maximum atomic E-state index is 13.2. The monoisotopic (exact) mass is 532 g/mol. The second-order valence-corrected chi connectivity index (χ2v) is 9.33. The number of aliphatic carboxylic acids is 1. The van der Waals surface area contributed by atoms with Crippen molar-refractivity contribution in [2.45, 2.75) is 70.1 Å². The minimum absolute atomic E-state index is 0.0473. The summed E-state index contributed by atoms with van der Waals surface area (Å²) in [5.41, 5.74) is 21.6. The highest BCUT2D eigenvalue weighted by Gasteiger charge is 2.32. The number of nitrogens with two attached hydrogens (primary N) is 4. The highest BCUT2D eigenvalue weighted by atomic mass is 32.2. The van der Waals surface area contributed by atoms with Crippen LogP contribution in [-0.2, 0) is 24.0 Å². The summed E-state index contributed by atoms with van der Waals surface area (Å²) >= 11 is 1.54. The van der Waals surface area contributed by atoms with E-state index in [1.807, 2.05) is 13.2 Å². The fraction of sp³-hybridized carbons (Fsp3) is 0.714. The molecule has 0 radical (unpaired) electrons. The second kappa shape index (κ2) is 17.4. The molecule has 0 aliphatic heterocycles. The van der Waals surface area contributed by atoms with Gasteiger partial charge in [-0.3, -0.25) is 24.2 Å². The largest absolute Gasteiger partial charge is 0.480 e. The van der Waals surface area contributed by atoms with Crippen LogP contribution < -0.4 is 38.9 Å². The van der Waals surface area contributed by atoms with Crippen LogP contribution in [0.4, 0.5) is 0 Å². The van der Waals surface area contributed by atoms with Crippen LogP contribution >= 0.6 is 11.8 Å². The lowest BCUT2D eigenvalue weighted by atomic mass is 9.97. The van der Waals surface area contributed by atoms with E-state index in [-0.39, 0.29) is 31.3 Å². The average Bonchev–Trinajstić information content (AvgIpc) is 2.80. The van der Waals surface area contributed by atoms with Crippen molar-refractivity contribution in [3.05, 3.63) is 0 Å². The molecule has 0 saturated carbocycles. The third-order valence-electron chi connectivity index (χ3n) is 5.36. The normalized spacial score (nSPS) is 14.9. The van der Waals surface area contributed by atoms with Gasteiger partial charge in [0.25, 0.3) is 0 Å². The Labute approximate surface area is 215 Å². The Hall–Kier alpha value is -3.07. The van der Waals surface area contributed by atoms with Gasteiger partial charge in [0, 0.05) is 6.54 Å². The van der Waals surface area contributed by atoms with Gasteiger partial charge in [-0.05, 0) is 37.2 Å². The van der Waals surface area contributed by atoms with E-state index in [9.17, 15) is 29.1 Å². The van der Waals surface area contributed by atoms with E-state index in [1.54, 1.807) is 6.92 Å². The fourth-order valence-electron chi connectivity index (χ4n) is 3.05. The molecule has 5 unspecified atom stereocenters. The van der Waals surface area contributed by atoms with Crippen LogP contribution in [0.3, 0.4) is 0 Å². The van der Waals surface area contributed by atoms with Crippen molar-refractivity contribution >= 4 is 47.3 Å². The zero-order valence-electron chi connectivity index (χ0n) is 21.0. The van der Waals surface area contributed by atoms with Gasteiger partial charge in [-0.25, -0.2) is 4.79 Å². The van der Waals surface area contributed by atoms with E-state index in [2.05, 4.69) is 20.9 Å². The number of guanidine groups is 1. The predicted octanol–water partition coefficient (Wildman–Crippen LogP) is -2.42. The predicted molar refractivity (Wildman–Crippen MR) is 138 cm³/mol. The maximum Gasteiger partial charge on any atom is 0.326 e. The lowest BCUT2D eigenvalue weighted by Gasteiger charge is -2.28. The number of rotatable bonds is 18. The van der Waals surface area contributed by atoms with Gasteiger partial charge in [0.15, 0.2) is 5.96 Å². The number of carbonyl (C=O) groups excluding carboxylic acids is 4. The quantitative estimate of drug-likeness (QED) is 0.0526. The first kappa shape index (κ1) is 32.9. The summed E-state index contributed by atoms with van der Waals surface area (Å²) in [4.78, 5) is 65.0. The average molecular weight is 533 g/mol. The standard InChI is InChI=1S/C21H40N8O6S/c1-4-11(2)16(29-17(31)12(22)7-9-36-3)19(33)27-13(6-5-8-26-21(24)25)18(32)28-14(20(34)35)10-15(23)30/h11-14,16H,4-10,22H2,1-3H3,(H2,23,30)(H,27,33)(H,28,32)(H,29,31)(H,34,35)(H4,24,25,26). The van der Waals surface area contributed by atoms with Crippen molar-refractivity contribution in [3.8, 4) is 0 Å². The topological polar surface area (TPSA) is 258 Å². The summed E-state index contributed by atoms with van der Waals surface area (Å²) in [6.07, 6.45) is 2.54. The van der Waals surface area contributed by atoms with Gasteiger partial charge in [-0.2, -0.15) is 11.8 Å². The number of primary amides is 1. The van der Waals surface area contributed by atoms with E-state index in [4.69, 9.17) is 22.9 Å². The first-order valence-electron chi connectivity index (χ1n) is 11.6. The number of carbonyl (C=O) groups is 5. The number of aliphatic imine (C=N–C) groups is 1. The first-order valence-corrected chi connectivity index (χ1v) is 12.9. The van der Waals surface area contributed by atoms with Gasteiger partial charge in [-0.15, -0.1) is 0 Å². The Kier molecular flexibility index (Phi) is 15.9. The molecule has 4 amide bonds. The third kappa shape index (κ3) is 13.1. The Morgan fingerprint density at radius 2 is 1.56 bits per heavy atom. The van der Waals surface area contributed by atoms with Gasteiger partial charge in [0.2, 0.25) is 23.6 Å². The van der Waals surface area contributed by atoms with Gasteiger partial charge in [0.05, 0.1) is 12.5 Å². The van der Waals surface area contributed by atoms with Crippen LogP contribution in [0.5, 0.6) is 0 Å². The van der Waals surface area contributed by atoms with Crippen LogP contribution in [0.1, 0.15) is 46.0 Å². The lowest BCUT2D eigenvalue weighted by Crippen LogP contribution is -2.58. The summed E-state index contributed by atoms with van der Waals surface area (Å²) < 4.78 is 0. The molecule has 0 spiro atoms. The van der Waals surface area contributed by atoms with Crippen LogP contribution in [0.25, 0.3) is 0 Å². The maximum absolute atomic E-state index is 13.2. The van der Waals surface area contributed by atoms with Crippen molar-refractivity contribution in [1.29, 1.82) is 0 Å². The van der Waals surface area contributed by atoms with Gasteiger partial charge in [0.1, 0.15) is 18.1 Å². The summed E-state index contributed by atoms with van der Waals surface area (Å²) in [5, 5.41) is 16.8. The molecular weight excluding hydrogens is 492 g/mol. The molecule has 0 aliphatic rings. The number of nitrogens with zero attached hydrogens (tertiary/aromatic N) is 1. The van der Waals surface area contributed by atoms with Crippen LogP contribution in [0, 0.1) is 5.92 Å². The van der Waals surface area contributed by atoms with Crippen molar-refractivity contribution in [2.75, 3.05) is 18.6 Å². The molecule has 0 aliphatic carbocycles. The molecule has 14 nitrogen and oxygen atoms in total. The first-order chi connectivity index (χ1) is 16.8. The Balaban J connectivity index is 5.66. The molecule has 0 bridgehead atoms. The van der Waals surface area contributed by atoms with E-state index < -0.39 is 60.2 Å². The molecule has 15 heteroatoms. The zero-order chi connectivity index (χ0) is 27.8. The molecular formula is C21H40N8O6S. The number of thioether (sulfide) groups is 1. The van der Waals surface area contributed by atoms with E-state index in [0.29, 0.717) is 18.6 Å². The minimum atomic E-state index is -1.58. The number of nitrogens with one attached hydrogen (secondary N) is 3. The molecule has 12 N–H and O–H groups in total. The summed E-state index contributed by atoms with van der Waals surface area (Å²) in [7, 11) is 0. The molecule has 0 saturated heterocycles. The van der Waals surface area contributed by atoms with Crippen LogP contribution in [0.15, 0.2) is 4.99 Å². The number of amides is 4. The lowest BCUT2D eigenvalue weighted by molar-refractivity contribution is -0.143. The van der Waals surface area contributed by atoms with Gasteiger partial charge in [-0.1, -0.05) is 20.3 Å². The van der Waals surface area contributed by atoms with Crippen molar-refractivity contribution in [2.24, 2.45) is 33.8 Å². The SMILES string of the molecule is CCC(C)C(NC(=O)C(N)CCSC)C(=O)NC(CCCN=C(N)N)C(=O)NC(CC(N)=O)C(=O)O. The third-order valence-corrected chi connectivity index (χ3v) is 6.01. The number of hydrogen-bond acceptors (Lipinski definition) is 8. The molecule has 0 aromatic carbocycles. The van der Waals surface area contributed by atoms with E-state index >= 15 is 0 Å². The molecule has 0 aromatic heterocycles. The van der Waals surface area contributed by atoms with Gasteiger partial charge < -0.3 is 44.0 Å². The minimum Gasteiger partial charge on any atom is -0.480 e. The molecule has 206 valence electrons. The van der Waals surface area contributed by atoms with Crippen molar-refractivity contribution < 1.29 is 29.1 Å². The Morgan fingerprint density at radius 3 is 2.06 bits per heavy atom. The molecule has 0 aromatic rings. The number of hydrogen-bond donors (Lipinski definition) is 8. The van der Waals surface area contributed by atoms with E-state index in [1.165, 1.54) is 11.8 Å². The molecule has 0 fully saturated rings. The van der Waals surface area contributed by atoms with Crippen LogP contribution in [-0.4, -0.2) is 83.4 Å². The Bertz CT molecular complexity index is 792. The zero-order valence-corrected chi connectivity index (χ0v) is 21.8. The number of carboxylic acid groups (broad SMARTS) is 1. The Morgan fingerprint density at radius 1 is 0.944 bits per heavy atom. The van der Waals surface area contributed by atoms with Crippen molar-refractivity contribution in [3.63, 3.8) is 0 Å². The van der Waals surface area contributed by atoms with Crippen LogP contribution in [0.2, 0.25) is 0 Å². The highest BCUT2D eigenvalue weighted by molar-refractivity contribution is 7.98. The number of carboxylic acids is 1. The summed E-state index contributed by atoms with van der Waals surface area (Å²) in [5.74, 6) is -4.14. The second-order valence-electron chi connectivity index (χ2n) is 8.34. The fourth-order valence-corrected chi connectivity index (χ4v) is 3.54. The molecule has 36 heavy (non-hydrogen) atoms. The molecule has 5 atom stereocenters. The molecule has 0 rings (SSSR count). The van der Waals surface area contributed by atoms with Gasteiger partial charge >= 0.3 is 5.97 Å². The summed E-state index contributed by atoms with van der Waals surface area (Å²) in [6, 6.07) is -4.57. The molecule has 0 heterocycles. The van der Waals surface area contributed by atoms with Crippen molar-refractivity contribution in [1.82, 2.24) is 16.0 Å². The summed E-state index contributed by atoms with van der Waals surface area (Å²) in [6.45, 7) is 3.76. The smallest absolute Gasteiger partial charge is 0.326 e. The van der Waals surface area contributed by atoms with E-state index in [0.717, 1.165) is 0 Å².